The number of esters is 1. The fourth-order valence-corrected chi connectivity index (χ4v) is 2.38. The second-order valence-electron chi connectivity index (χ2n) is 5.25. The van der Waals surface area contributed by atoms with Crippen molar-refractivity contribution in [1.82, 2.24) is 0 Å². The van der Waals surface area contributed by atoms with Crippen molar-refractivity contribution in [3.8, 4) is 0 Å². The van der Waals surface area contributed by atoms with E-state index < -0.39 is 0 Å². The van der Waals surface area contributed by atoms with Gasteiger partial charge < -0.3 is 10.1 Å². The van der Waals surface area contributed by atoms with Crippen molar-refractivity contribution in [2.45, 2.75) is 26.8 Å². The number of hydrogen-bond donors (Lipinski definition) is 1. The van der Waals surface area contributed by atoms with Gasteiger partial charge >= 0.3 is 5.97 Å². The number of aryl methyl sites for hydroxylation is 1. The van der Waals surface area contributed by atoms with Crippen LogP contribution in [-0.2, 0) is 4.74 Å². The van der Waals surface area contributed by atoms with Crippen LogP contribution in [0.4, 0.5) is 5.69 Å². The van der Waals surface area contributed by atoms with E-state index in [9.17, 15) is 4.79 Å². The maximum atomic E-state index is 11.7. The first kappa shape index (κ1) is 15.1. The molecule has 0 aliphatic rings. The van der Waals surface area contributed by atoms with Crippen molar-refractivity contribution >= 4 is 11.7 Å². The minimum Gasteiger partial charge on any atom is -0.465 e. The van der Waals surface area contributed by atoms with Crippen LogP contribution in [0.15, 0.2) is 42.5 Å². The van der Waals surface area contributed by atoms with Gasteiger partial charge in [-0.2, -0.15) is 0 Å². The highest BCUT2D eigenvalue weighted by Crippen LogP contribution is 2.25. The number of carbonyl (C=O) groups excluding carboxylic acids is 1. The molecular weight excluding hydrogens is 262 g/mol. The van der Waals surface area contributed by atoms with Gasteiger partial charge in [0.15, 0.2) is 0 Å². The van der Waals surface area contributed by atoms with E-state index in [4.69, 9.17) is 4.74 Å². The second-order valence-corrected chi connectivity index (χ2v) is 5.25. The molecule has 0 fully saturated rings. The quantitative estimate of drug-likeness (QED) is 0.852. The summed E-state index contributed by atoms with van der Waals surface area (Å²) in [6.07, 6.45) is 0. The molecule has 0 aliphatic carbocycles. The molecule has 0 saturated heterocycles. The van der Waals surface area contributed by atoms with Crippen LogP contribution in [0, 0.1) is 13.8 Å². The van der Waals surface area contributed by atoms with Crippen LogP contribution in [0.3, 0.4) is 0 Å². The molecule has 2 aromatic carbocycles. The van der Waals surface area contributed by atoms with Crippen molar-refractivity contribution < 1.29 is 9.53 Å². The fourth-order valence-electron chi connectivity index (χ4n) is 2.38. The lowest BCUT2D eigenvalue weighted by Gasteiger charge is -2.19. The van der Waals surface area contributed by atoms with Gasteiger partial charge in [-0.25, -0.2) is 4.79 Å². The first-order valence-corrected chi connectivity index (χ1v) is 7.04. The predicted molar refractivity (Wildman–Crippen MR) is 85.7 cm³/mol. The Hall–Kier alpha value is -2.29. The Balaban J connectivity index is 2.25. The van der Waals surface area contributed by atoms with Crippen LogP contribution < -0.4 is 5.32 Å². The number of nitrogens with one attached hydrogen (secondary N) is 1. The summed E-state index contributed by atoms with van der Waals surface area (Å²) in [5, 5.41) is 3.47. The molecule has 0 aromatic heterocycles. The van der Waals surface area contributed by atoms with Crippen molar-refractivity contribution in [2.24, 2.45) is 0 Å². The number of methoxy groups -OCH3 is 1. The van der Waals surface area contributed by atoms with Gasteiger partial charge in [-0.3, -0.25) is 0 Å². The molecule has 1 unspecified atom stereocenters. The van der Waals surface area contributed by atoms with E-state index in [0.29, 0.717) is 5.56 Å². The molecule has 2 rings (SSSR count). The van der Waals surface area contributed by atoms with Crippen LogP contribution in [-0.4, -0.2) is 13.1 Å². The first-order chi connectivity index (χ1) is 10.0. The maximum absolute atomic E-state index is 11.7. The van der Waals surface area contributed by atoms with Gasteiger partial charge in [-0.15, -0.1) is 0 Å². The average molecular weight is 283 g/mol. The third-order valence-corrected chi connectivity index (χ3v) is 3.65. The second kappa shape index (κ2) is 6.44. The monoisotopic (exact) mass is 283 g/mol. The zero-order valence-corrected chi connectivity index (χ0v) is 12.9. The highest BCUT2D eigenvalue weighted by molar-refractivity contribution is 5.92. The molecule has 110 valence electrons. The summed E-state index contributed by atoms with van der Waals surface area (Å²) in [5.74, 6) is -0.306. The van der Waals surface area contributed by atoms with E-state index in [-0.39, 0.29) is 12.0 Å². The molecule has 0 radical (unpaired) electrons. The van der Waals surface area contributed by atoms with Gasteiger partial charge in [0.25, 0.3) is 0 Å². The lowest BCUT2D eigenvalue weighted by molar-refractivity contribution is 0.0600. The highest BCUT2D eigenvalue weighted by atomic mass is 16.5. The topological polar surface area (TPSA) is 38.3 Å². The highest BCUT2D eigenvalue weighted by Gasteiger charge is 2.13. The summed E-state index contributed by atoms with van der Waals surface area (Å²) in [6, 6.07) is 14.2. The Morgan fingerprint density at radius 1 is 1.14 bits per heavy atom. The van der Waals surface area contributed by atoms with Gasteiger partial charge in [-0.05, 0) is 44.0 Å². The Labute approximate surface area is 126 Å². The van der Waals surface area contributed by atoms with Gasteiger partial charge in [-0.1, -0.05) is 35.9 Å². The minimum atomic E-state index is -0.306. The standard InChI is InChI=1S/C18H21NO2/c1-12-7-5-8-15(11-12)14(3)19-17-10-6-9-16(13(17)2)18(20)21-4/h5-11,14,19H,1-4H3. The summed E-state index contributed by atoms with van der Waals surface area (Å²) >= 11 is 0. The summed E-state index contributed by atoms with van der Waals surface area (Å²) in [6.45, 7) is 6.12. The van der Waals surface area contributed by atoms with E-state index >= 15 is 0 Å². The Kier molecular flexibility index (Phi) is 4.63. The predicted octanol–water partition coefficient (Wildman–Crippen LogP) is 4.26. The fraction of sp³-hybridized carbons (Fsp3) is 0.278. The van der Waals surface area contributed by atoms with Crippen molar-refractivity contribution in [3.63, 3.8) is 0 Å². The molecule has 3 nitrogen and oxygen atoms in total. The molecule has 0 bridgehead atoms. The van der Waals surface area contributed by atoms with E-state index in [2.05, 4.69) is 43.4 Å². The number of hydrogen-bond acceptors (Lipinski definition) is 3. The Morgan fingerprint density at radius 2 is 1.86 bits per heavy atom. The van der Waals surface area contributed by atoms with E-state index in [1.54, 1.807) is 6.07 Å². The van der Waals surface area contributed by atoms with Crippen LogP contribution in [0.5, 0.6) is 0 Å². The van der Waals surface area contributed by atoms with Gasteiger partial charge in [0.1, 0.15) is 0 Å². The number of anilines is 1. The Morgan fingerprint density at radius 3 is 2.52 bits per heavy atom. The van der Waals surface area contributed by atoms with E-state index in [1.165, 1.54) is 18.2 Å². The SMILES string of the molecule is COC(=O)c1cccc(NC(C)c2cccc(C)c2)c1C. The molecule has 1 N–H and O–H groups in total. The van der Waals surface area contributed by atoms with E-state index in [0.717, 1.165) is 11.3 Å². The van der Waals surface area contributed by atoms with Crippen LogP contribution in [0.1, 0.15) is 40.0 Å². The van der Waals surface area contributed by atoms with Crippen molar-refractivity contribution in [1.29, 1.82) is 0 Å². The van der Waals surface area contributed by atoms with Crippen molar-refractivity contribution in [3.05, 3.63) is 64.7 Å². The summed E-state index contributed by atoms with van der Waals surface area (Å²) in [7, 11) is 1.40. The lowest BCUT2D eigenvalue weighted by Crippen LogP contribution is -2.10. The molecule has 0 amide bonds. The number of benzene rings is 2. The summed E-state index contributed by atoms with van der Waals surface area (Å²) < 4.78 is 4.81. The molecular formula is C18H21NO2. The zero-order chi connectivity index (χ0) is 15.4. The number of carbonyl (C=O) groups is 1. The number of ether oxygens (including phenoxy) is 1. The Bertz CT molecular complexity index is 649. The normalized spacial score (nSPS) is 11.8. The molecule has 0 saturated carbocycles. The van der Waals surface area contributed by atoms with Gasteiger partial charge in [0.05, 0.1) is 12.7 Å². The third-order valence-electron chi connectivity index (χ3n) is 3.65. The molecule has 0 heterocycles. The summed E-state index contributed by atoms with van der Waals surface area (Å²) in [4.78, 5) is 11.7. The van der Waals surface area contributed by atoms with Crippen molar-refractivity contribution in [2.75, 3.05) is 12.4 Å². The average Bonchev–Trinajstić information content (AvgIpc) is 2.48. The third kappa shape index (κ3) is 3.43. The molecule has 3 heteroatoms. The molecule has 21 heavy (non-hydrogen) atoms. The zero-order valence-electron chi connectivity index (χ0n) is 12.9. The molecule has 1 atom stereocenters. The largest absolute Gasteiger partial charge is 0.465 e. The lowest BCUT2D eigenvalue weighted by atomic mass is 10.0. The van der Waals surface area contributed by atoms with Crippen LogP contribution in [0.2, 0.25) is 0 Å². The molecule has 2 aromatic rings. The van der Waals surface area contributed by atoms with E-state index in [1.807, 2.05) is 19.1 Å². The van der Waals surface area contributed by atoms with Crippen LogP contribution >= 0.6 is 0 Å². The minimum absolute atomic E-state index is 0.163. The summed E-state index contributed by atoms with van der Waals surface area (Å²) in [5.41, 5.74) is 4.91. The smallest absolute Gasteiger partial charge is 0.338 e. The molecule has 0 aliphatic heterocycles. The van der Waals surface area contributed by atoms with Crippen LogP contribution in [0.25, 0.3) is 0 Å². The maximum Gasteiger partial charge on any atom is 0.338 e. The van der Waals surface area contributed by atoms with Gasteiger partial charge in [0.2, 0.25) is 0 Å². The molecule has 0 spiro atoms. The number of rotatable bonds is 4. The first-order valence-electron chi connectivity index (χ1n) is 7.04. The van der Waals surface area contributed by atoms with Gasteiger partial charge in [0, 0.05) is 11.7 Å².